The lowest BCUT2D eigenvalue weighted by Crippen LogP contribution is -2.13. The number of nitro groups is 1. The van der Waals surface area contributed by atoms with Gasteiger partial charge in [0.25, 0.3) is 5.69 Å². The molecule has 2 aromatic carbocycles. The van der Waals surface area contributed by atoms with Crippen LogP contribution in [0.25, 0.3) is 0 Å². The van der Waals surface area contributed by atoms with Gasteiger partial charge in [-0.2, -0.15) is 0 Å². The Morgan fingerprint density at radius 2 is 1.77 bits per heavy atom. The van der Waals surface area contributed by atoms with Crippen LogP contribution in [0, 0.1) is 10.1 Å². The Bertz CT molecular complexity index is 598. The molecular formula is C17H19NO4. The lowest BCUT2D eigenvalue weighted by molar-refractivity contribution is -0.384. The van der Waals surface area contributed by atoms with Gasteiger partial charge in [0, 0.05) is 18.6 Å². The van der Waals surface area contributed by atoms with Crippen molar-refractivity contribution in [1.29, 1.82) is 0 Å². The summed E-state index contributed by atoms with van der Waals surface area (Å²) in [7, 11) is 0. The molecule has 0 heterocycles. The molecular weight excluding hydrogens is 282 g/mol. The number of aliphatic hydroxyl groups excluding tert-OH is 1. The van der Waals surface area contributed by atoms with Crippen molar-refractivity contribution in [3.8, 4) is 0 Å². The molecule has 5 heteroatoms. The van der Waals surface area contributed by atoms with Crippen LogP contribution in [0.4, 0.5) is 5.69 Å². The number of aliphatic hydroxyl groups is 1. The molecule has 22 heavy (non-hydrogen) atoms. The fraction of sp³-hybridized carbons (Fsp3) is 0.294. The van der Waals surface area contributed by atoms with Crippen molar-refractivity contribution in [1.82, 2.24) is 0 Å². The maximum absolute atomic E-state index is 10.6. The molecule has 0 aromatic heterocycles. The summed E-state index contributed by atoms with van der Waals surface area (Å²) in [5.41, 5.74) is 1.75. The summed E-state index contributed by atoms with van der Waals surface area (Å²) < 4.78 is 5.71. The van der Waals surface area contributed by atoms with Crippen molar-refractivity contribution in [2.75, 3.05) is 0 Å². The molecule has 0 saturated carbocycles. The summed E-state index contributed by atoms with van der Waals surface area (Å²) in [5.74, 6) is 0. The Morgan fingerprint density at radius 1 is 1.14 bits per heavy atom. The summed E-state index contributed by atoms with van der Waals surface area (Å²) in [6.45, 7) is 2.40. The van der Waals surface area contributed by atoms with Crippen LogP contribution in [0.1, 0.15) is 30.6 Å². The second-order valence-corrected chi connectivity index (χ2v) is 5.21. The highest BCUT2D eigenvalue weighted by Gasteiger charge is 2.14. The van der Waals surface area contributed by atoms with E-state index in [1.807, 2.05) is 37.3 Å². The summed E-state index contributed by atoms with van der Waals surface area (Å²) >= 11 is 0. The van der Waals surface area contributed by atoms with E-state index in [9.17, 15) is 15.2 Å². The standard InChI is InChI=1S/C17H19NO4/c1-13(22-12-14-5-3-2-4-6-14)11-17(19)15-7-9-16(10-8-15)18(20)21/h2-10,13,17,19H,11-12H2,1H3. The van der Waals surface area contributed by atoms with Gasteiger partial charge >= 0.3 is 0 Å². The number of nitro benzene ring substituents is 1. The summed E-state index contributed by atoms with van der Waals surface area (Å²) in [4.78, 5) is 10.1. The third-order valence-corrected chi connectivity index (χ3v) is 3.42. The predicted molar refractivity (Wildman–Crippen MR) is 83.4 cm³/mol. The van der Waals surface area contributed by atoms with Crippen LogP contribution in [0.2, 0.25) is 0 Å². The molecule has 0 spiro atoms. The fourth-order valence-corrected chi connectivity index (χ4v) is 2.15. The lowest BCUT2D eigenvalue weighted by Gasteiger charge is -2.17. The van der Waals surface area contributed by atoms with E-state index in [1.54, 1.807) is 12.1 Å². The number of ether oxygens (including phenoxy) is 1. The number of hydrogen-bond donors (Lipinski definition) is 1. The molecule has 116 valence electrons. The van der Waals surface area contributed by atoms with Gasteiger partial charge in [-0.05, 0) is 30.2 Å². The highest BCUT2D eigenvalue weighted by atomic mass is 16.6. The van der Waals surface area contributed by atoms with E-state index in [0.717, 1.165) is 5.56 Å². The second kappa shape index (κ2) is 7.68. The van der Waals surface area contributed by atoms with E-state index in [2.05, 4.69) is 0 Å². The first-order valence-corrected chi connectivity index (χ1v) is 7.14. The Hall–Kier alpha value is -2.24. The number of rotatable bonds is 7. The van der Waals surface area contributed by atoms with Gasteiger partial charge in [-0.3, -0.25) is 10.1 Å². The highest BCUT2D eigenvalue weighted by molar-refractivity contribution is 5.33. The second-order valence-electron chi connectivity index (χ2n) is 5.21. The van der Waals surface area contributed by atoms with Crippen molar-refractivity contribution in [2.24, 2.45) is 0 Å². The number of hydrogen-bond acceptors (Lipinski definition) is 4. The first kappa shape index (κ1) is 16.1. The van der Waals surface area contributed by atoms with Crippen LogP contribution < -0.4 is 0 Å². The normalized spacial score (nSPS) is 13.5. The third kappa shape index (κ3) is 4.65. The molecule has 2 rings (SSSR count). The SMILES string of the molecule is CC(CC(O)c1ccc([N+](=O)[O-])cc1)OCc1ccccc1. The van der Waals surface area contributed by atoms with E-state index in [1.165, 1.54) is 12.1 Å². The third-order valence-electron chi connectivity index (χ3n) is 3.42. The Labute approximate surface area is 129 Å². The largest absolute Gasteiger partial charge is 0.388 e. The molecule has 0 saturated heterocycles. The van der Waals surface area contributed by atoms with Crippen molar-refractivity contribution in [3.63, 3.8) is 0 Å². The minimum Gasteiger partial charge on any atom is -0.388 e. The molecule has 1 N–H and O–H groups in total. The monoisotopic (exact) mass is 301 g/mol. The zero-order chi connectivity index (χ0) is 15.9. The van der Waals surface area contributed by atoms with Crippen LogP contribution in [0.5, 0.6) is 0 Å². The quantitative estimate of drug-likeness (QED) is 0.626. The zero-order valence-corrected chi connectivity index (χ0v) is 12.4. The molecule has 0 radical (unpaired) electrons. The van der Waals surface area contributed by atoms with Gasteiger partial charge in [0.05, 0.1) is 23.7 Å². The fourth-order valence-electron chi connectivity index (χ4n) is 2.15. The first-order valence-electron chi connectivity index (χ1n) is 7.14. The van der Waals surface area contributed by atoms with Crippen LogP contribution in [-0.4, -0.2) is 16.1 Å². The smallest absolute Gasteiger partial charge is 0.269 e. The topological polar surface area (TPSA) is 72.6 Å². The molecule has 0 fully saturated rings. The van der Waals surface area contributed by atoms with Gasteiger partial charge in [-0.25, -0.2) is 0 Å². The summed E-state index contributed by atoms with van der Waals surface area (Å²) in [6.07, 6.45) is -0.387. The van der Waals surface area contributed by atoms with E-state index >= 15 is 0 Å². The van der Waals surface area contributed by atoms with Crippen LogP contribution >= 0.6 is 0 Å². The van der Waals surface area contributed by atoms with Crippen LogP contribution in [-0.2, 0) is 11.3 Å². The molecule has 0 aliphatic carbocycles. The zero-order valence-electron chi connectivity index (χ0n) is 12.4. The van der Waals surface area contributed by atoms with E-state index in [-0.39, 0.29) is 11.8 Å². The molecule has 0 aliphatic rings. The average Bonchev–Trinajstić information content (AvgIpc) is 2.54. The molecule has 0 amide bonds. The van der Waals surface area contributed by atoms with Crippen molar-refractivity contribution in [2.45, 2.75) is 32.2 Å². The van der Waals surface area contributed by atoms with Crippen molar-refractivity contribution >= 4 is 5.69 Å². The molecule has 2 atom stereocenters. The molecule has 5 nitrogen and oxygen atoms in total. The highest BCUT2D eigenvalue weighted by Crippen LogP contribution is 2.22. The van der Waals surface area contributed by atoms with Gasteiger partial charge in [0.15, 0.2) is 0 Å². The molecule has 0 bridgehead atoms. The average molecular weight is 301 g/mol. The molecule has 0 aliphatic heterocycles. The Balaban J connectivity index is 1.85. The molecule has 2 unspecified atom stereocenters. The van der Waals surface area contributed by atoms with Crippen molar-refractivity contribution < 1.29 is 14.8 Å². The maximum Gasteiger partial charge on any atom is 0.269 e. The van der Waals surface area contributed by atoms with Crippen molar-refractivity contribution in [3.05, 3.63) is 75.8 Å². The van der Waals surface area contributed by atoms with E-state index in [4.69, 9.17) is 4.74 Å². The van der Waals surface area contributed by atoms with E-state index in [0.29, 0.717) is 18.6 Å². The van der Waals surface area contributed by atoms with Gasteiger partial charge in [0.1, 0.15) is 0 Å². The maximum atomic E-state index is 10.6. The van der Waals surface area contributed by atoms with Crippen LogP contribution in [0.15, 0.2) is 54.6 Å². The first-order chi connectivity index (χ1) is 10.6. The van der Waals surface area contributed by atoms with Gasteiger partial charge in [-0.15, -0.1) is 0 Å². The minimum atomic E-state index is -0.702. The molecule has 2 aromatic rings. The Kier molecular flexibility index (Phi) is 5.63. The number of non-ortho nitro benzene ring substituents is 1. The number of benzene rings is 2. The minimum absolute atomic E-state index is 0.0179. The lowest BCUT2D eigenvalue weighted by atomic mass is 10.0. The van der Waals surface area contributed by atoms with Gasteiger partial charge < -0.3 is 9.84 Å². The van der Waals surface area contributed by atoms with Crippen LogP contribution in [0.3, 0.4) is 0 Å². The van der Waals surface area contributed by atoms with E-state index < -0.39 is 11.0 Å². The summed E-state index contributed by atoms with van der Waals surface area (Å²) in [5, 5.41) is 20.8. The summed E-state index contributed by atoms with van der Waals surface area (Å²) in [6, 6.07) is 15.8. The van der Waals surface area contributed by atoms with Gasteiger partial charge in [0.2, 0.25) is 0 Å². The number of nitrogens with zero attached hydrogens (tertiary/aromatic N) is 1. The Morgan fingerprint density at radius 3 is 2.36 bits per heavy atom. The van der Waals surface area contributed by atoms with Gasteiger partial charge in [-0.1, -0.05) is 30.3 Å². The predicted octanol–water partition coefficient (Wildman–Crippen LogP) is 3.62.